The molecule has 2 fully saturated rings. The number of ether oxygens (including phenoxy) is 1. The average Bonchev–Trinajstić information content (AvgIpc) is 3.75. The van der Waals surface area contributed by atoms with Gasteiger partial charge < -0.3 is 19.3 Å². The number of fused-ring (bicyclic) bond motifs is 4. The van der Waals surface area contributed by atoms with Gasteiger partial charge in [0.1, 0.15) is 47.2 Å². The van der Waals surface area contributed by atoms with Crippen LogP contribution in [0.5, 0.6) is 11.8 Å². The lowest BCUT2D eigenvalue weighted by molar-refractivity contribution is -0.141. The quantitative estimate of drug-likeness (QED) is 0.179. The smallest absolute Gasteiger partial charge is 0.434 e. The first-order chi connectivity index (χ1) is 23.4. The second-order valence-corrected chi connectivity index (χ2v) is 12.7. The van der Waals surface area contributed by atoms with E-state index in [0.717, 1.165) is 25.2 Å². The summed E-state index contributed by atoms with van der Waals surface area (Å²) in [5, 5.41) is 11.1. The summed E-state index contributed by atoms with van der Waals surface area (Å²) >= 11 is 0. The Kier molecular flexibility index (Phi) is 7.15. The first kappa shape index (κ1) is 31.2. The lowest BCUT2D eigenvalue weighted by Crippen LogP contribution is -2.43. The molecule has 9 nitrogen and oxygen atoms in total. The van der Waals surface area contributed by atoms with Gasteiger partial charge in [-0.1, -0.05) is 12.0 Å². The standard InChI is InChI=1S/C34H27F6N7O2/c1-2-21-24(36)5-4-18-10-20(48)11-22(27(18)21)29-28(37)30-23(13-41-29)31(46-9-8-45-15-25(34(38,39)40)42-26(45)16-46)44-32(43-30)49-17-33-6-3-7-47(33)14-19(35)12-33/h1,4-5,10-11,13,15,19,48H,3,6-9,12,14,16-17H2/t19-,33+/m1/s1. The predicted octanol–water partition coefficient (Wildman–Crippen LogP) is 6.00. The number of imidazole rings is 1. The summed E-state index contributed by atoms with van der Waals surface area (Å²) in [6.45, 7) is 1.29. The fourth-order valence-electron chi connectivity index (χ4n) is 7.49. The second kappa shape index (κ2) is 11.2. The summed E-state index contributed by atoms with van der Waals surface area (Å²) in [5.41, 5.74) is -2.24. The van der Waals surface area contributed by atoms with Crippen molar-refractivity contribution in [2.75, 3.05) is 31.1 Å². The number of aromatic hydroxyl groups is 1. The summed E-state index contributed by atoms with van der Waals surface area (Å²) in [6.07, 6.45) is 4.08. The molecule has 0 saturated carbocycles. The average molecular weight is 680 g/mol. The van der Waals surface area contributed by atoms with Crippen molar-refractivity contribution < 1.29 is 36.2 Å². The number of aromatic nitrogens is 5. The monoisotopic (exact) mass is 679 g/mol. The largest absolute Gasteiger partial charge is 0.508 e. The molecule has 2 atom stereocenters. The molecule has 252 valence electrons. The summed E-state index contributed by atoms with van der Waals surface area (Å²) in [6, 6.07) is 4.93. The maximum atomic E-state index is 16.8. The molecular weight excluding hydrogens is 652 g/mol. The zero-order chi connectivity index (χ0) is 34.2. The van der Waals surface area contributed by atoms with Crippen LogP contribution < -0.4 is 9.64 Å². The molecule has 0 unspecified atom stereocenters. The number of hydrogen-bond donors (Lipinski definition) is 1. The number of benzene rings is 2. The Morgan fingerprint density at radius 2 is 1.94 bits per heavy atom. The molecule has 2 aromatic carbocycles. The van der Waals surface area contributed by atoms with Crippen LogP contribution in [0.25, 0.3) is 32.9 Å². The van der Waals surface area contributed by atoms with E-state index in [1.165, 1.54) is 29.0 Å². The van der Waals surface area contributed by atoms with Crippen LogP contribution in [0.4, 0.5) is 32.2 Å². The topological polar surface area (TPSA) is 92.4 Å². The number of hydrogen-bond acceptors (Lipinski definition) is 8. The van der Waals surface area contributed by atoms with Gasteiger partial charge in [0.15, 0.2) is 11.5 Å². The maximum Gasteiger partial charge on any atom is 0.434 e. The van der Waals surface area contributed by atoms with Crippen LogP contribution in [0, 0.1) is 24.0 Å². The van der Waals surface area contributed by atoms with Crippen LogP contribution >= 0.6 is 0 Å². The van der Waals surface area contributed by atoms with Crippen molar-refractivity contribution >= 4 is 27.5 Å². The Hall–Kier alpha value is -5.10. The number of phenolic OH excluding ortho intramolecular Hbond substituents is 1. The van der Waals surface area contributed by atoms with Crippen LogP contribution in [-0.2, 0) is 19.3 Å². The Morgan fingerprint density at radius 3 is 2.73 bits per heavy atom. The summed E-state index contributed by atoms with van der Waals surface area (Å²) < 4.78 is 94.0. The zero-order valence-corrected chi connectivity index (χ0v) is 25.7. The molecule has 1 N–H and O–H groups in total. The minimum Gasteiger partial charge on any atom is -0.508 e. The molecule has 0 amide bonds. The van der Waals surface area contributed by atoms with E-state index in [0.29, 0.717) is 11.8 Å². The summed E-state index contributed by atoms with van der Waals surface area (Å²) in [4.78, 5) is 20.8. The fraction of sp³-hybridized carbons (Fsp3) is 0.353. The Balaban J connectivity index is 1.27. The molecule has 3 aliphatic rings. The van der Waals surface area contributed by atoms with E-state index in [2.05, 4.69) is 25.9 Å². The molecule has 2 saturated heterocycles. The van der Waals surface area contributed by atoms with Crippen molar-refractivity contribution in [1.29, 1.82) is 0 Å². The molecule has 5 aromatic rings. The molecule has 3 aromatic heterocycles. The van der Waals surface area contributed by atoms with E-state index in [1.54, 1.807) is 4.90 Å². The van der Waals surface area contributed by atoms with Gasteiger partial charge in [0.25, 0.3) is 0 Å². The lowest BCUT2D eigenvalue weighted by atomic mass is 9.95. The summed E-state index contributed by atoms with van der Waals surface area (Å²) in [5.74, 6) is 0.670. The van der Waals surface area contributed by atoms with Crippen LogP contribution in [0.15, 0.2) is 36.7 Å². The van der Waals surface area contributed by atoms with Gasteiger partial charge >= 0.3 is 12.2 Å². The third kappa shape index (κ3) is 5.16. The normalized spacial score (nSPS) is 20.9. The van der Waals surface area contributed by atoms with Crippen LogP contribution in [0.3, 0.4) is 0 Å². The van der Waals surface area contributed by atoms with Crippen LogP contribution in [0.1, 0.15) is 36.3 Å². The number of phenols is 1. The molecule has 0 aliphatic carbocycles. The minimum atomic E-state index is -4.63. The fourth-order valence-corrected chi connectivity index (χ4v) is 7.49. The number of anilines is 1. The SMILES string of the molecule is C#Cc1c(F)ccc2cc(O)cc(-c3ncc4c(N5CCn6cc(C(F)(F)F)nc6C5)nc(OC[C@@]56CCCN5C[C@H](F)C6)nc4c3F)c12. The van der Waals surface area contributed by atoms with E-state index in [1.807, 2.05) is 4.90 Å². The molecule has 8 rings (SSSR count). The highest BCUT2D eigenvalue weighted by Crippen LogP contribution is 2.42. The summed E-state index contributed by atoms with van der Waals surface area (Å²) in [7, 11) is 0. The van der Waals surface area contributed by atoms with Crippen LogP contribution in [-0.4, -0.2) is 72.5 Å². The van der Waals surface area contributed by atoms with E-state index in [-0.39, 0.29) is 95.7 Å². The predicted molar refractivity (Wildman–Crippen MR) is 167 cm³/mol. The third-order valence-electron chi connectivity index (χ3n) is 9.72. The molecule has 49 heavy (non-hydrogen) atoms. The van der Waals surface area contributed by atoms with Gasteiger partial charge in [-0.3, -0.25) is 9.88 Å². The molecular formula is C34H27F6N7O2. The maximum absolute atomic E-state index is 16.8. The molecule has 6 heterocycles. The second-order valence-electron chi connectivity index (χ2n) is 12.7. The van der Waals surface area contributed by atoms with Crippen molar-refractivity contribution in [2.45, 2.75) is 50.2 Å². The van der Waals surface area contributed by atoms with E-state index >= 15 is 4.39 Å². The van der Waals surface area contributed by atoms with E-state index in [4.69, 9.17) is 11.2 Å². The van der Waals surface area contributed by atoms with Gasteiger partial charge in [-0.05, 0) is 43.0 Å². The Labute approximate surface area is 275 Å². The molecule has 3 aliphatic heterocycles. The van der Waals surface area contributed by atoms with E-state index < -0.39 is 35.2 Å². The highest BCUT2D eigenvalue weighted by Gasteiger charge is 2.49. The minimum absolute atomic E-state index is 0.0181. The third-order valence-corrected chi connectivity index (χ3v) is 9.72. The number of halogens is 6. The van der Waals surface area contributed by atoms with Crippen molar-refractivity contribution in [1.82, 2.24) is 29.4 Å². The van der Waals surface area contributed by atoms with Gasteiger partial charge in [-0.15, -0.1) is 6.42 Å². The number of nitrogens with zero attached hydrogens (tertiary/aromatic N) is 7. The molecule has 0 spiro atoms. The zero-order valence-electron chi connectivity index (χ0n) is 25.7. The number of terminal acetylenes is 1. The van der Waals surface area contributed by atoms with Gasteiger partial charge in [0, 0.05) is 49.4 Å². The first-order valence-electron chi connectivity index (χ1n) is 15.6. The molecule has 0 bridgehead atoms. The van der Waals surface area contributed by atoms with Gasteiger partial charge in [0.05, 0.1) is 23.0 Å². The Morgan fingerprint density at radius 1 is 1.10 bits per heavy atom. The van der Waals surface area contributed by atoms with Gasteiger partial charge in [-0.2, -0.15) is 23.1 Å². The van der Waals surface area contributed by atoms with Crippen molar-refractivity contribution in [3.63, 3.8) is 0 Å². The highest BCUT2D eigenvalue weighted by molar-refractivity contribution is 6.03. The van der Waals surface area contributed by atoms with Crippen molar-refractivity contribution in [3.05, 3.63) is 65.4 Å². The van der Waals surface area contributed by atoms with Crippen molar-refractivity contribution in [3.8, 4) is 35.4 Å². The van der Waals surface area contributed by atoms with Gasteiger partial charge in [0.2, 0.25) is 0 Å². The van der Waals surface area contributed by atoms with E-state index in [9.17, 15) is 27.1 Å². The number of alkyl halides is 4. The van der Waals surface area contributed by atoms with Crippen LogP contribution in [0.2, 0.25) is 0 Å². The molecule has 15 heteroatoms. The number of pyridine rings is 1. The lowest BCUT2D eigenvalue weighted by Gasteiger charge is -2.31. The van der Waals surface area contributed by atoms with Crippen molar-refractivity contribution in [2.24, 2.45) is 0 Å². The first-order valence-corrected chi connectivity index (χ1v) is 15.6. The Bertz CT molecular complexity index is 2200. The highest BCUT2D eigenvalue weighted by atomic mass is 19.4. The van der Waals surface area contributed by atoms with Gasteiger partial charge in [-0.25, -0.2) is 18.2 Å². The molecule has 0 radical (unpaired) electrons. The number of rotatable bonds is 5.